The van der Waals surface area contributed by atoms with E-state index in [-0.39, 0.29) is 11.3 Å². The highest BCUT2D eigenvalue weighted by Crippen LogP contribution is 2.25. The van der Waals surface area contributed by atoms with E-state index in [1.54, 1.807) is 19.2 Å². The van der Waals surface area contributed by atoms with Crippen molar-refractivity contribution in [2.45, 2.75) is 6.92 Å². The molecule has 0 spiro atoms. The van der Waals surface area contributed by atoms with Gasteiger partial charge in [-0.1, -0.05) is 28.1 Å². The number of carbonyl (C=O) groups excluding carboxylic acids is 1. The Balaban J connectivity index is 2.13. The third-order valence-corrected chi connectivity index (χ3v) is 3.75. The molecule has 0 fully saturated rings. The van der Waals surface area contributed by atoms with Gasteiger partial charge in [-0.3, -0.25) is 4.79 Å². The molecule has 1 aromatic heterocycles. The maximum atomic E-state index is 13.9. The zero-order valence-electron chi connectivity index (χ0n) is 10.7. The van der Waals surface area contributed by atoms with Gasteiger partial charge in [-0.15, -0.1) is 0 Å². The Bertz CT molecular complexity index is 822. The van der Waals surface area contributed by atoms with E-state index < -0.39 is 5.82 Å². The molecule has 20 heavy (non-hydrogen) atoms. The Morgan fingerprint density at radius 3 is 2.70 bits per heavy atom. The molecule has 0 amide bonds. The fourth-order valence-corrected chi connectivity index (χ4v) is 2.60. The molecular formula is C16H11BrFNO. The second-order valence-electron chi connectivity index (χ2n) is 4.70. The predicted molar refractivity (Wildman–Crippen MR) is 80.6 cm³/mol. The SMILES string of the molecule is Cc1ccc(C(=O)c2c[nH]c3cc(Br)ccc23)c(F)c1. The van der Waals surface area contributed by atoms with Gasteiger partial charge in [0.2, 0.25) is 0 Å². The molecule has 1 N–H and O–H groups in total. The van der Waals surface area contributed by atoms with Crippen LogP contribution in [0.4, 0.5) is 4.39 Å². The van der Waals surface area contributed by atoms with Crippen molar-refractivity contribution < 1.29 is 9.18 Å². The molecule has 0 bridgehead atoms. The first-order chi connectivity index (χ1) is 9.56. The van der Waals surface area contributed by atoms with E-state index in [4.69, 9.17) is 0 Å². The summed E-state index contributed by atoms with van der Waals surface area (Å²) in [5.74, 6) is -0.794. The van der Waals surface area contributed by atoms with E-state index in [0.29, 0.717) is 5.56 Å². The van der Waals surface area contributed by atoms with Crippen molar-refractivity contribution in [1.82, 2.24) is 4.98 Å². The summed E-state index contributed by atoms with van der Waals surface area (Å²) in [4.78, 5) is 15.5. The Morgan fingerprint density at radius 1 is 1.15 bits per heavy atom. The number of fused-ring (bicyclic) bond motifs is 1. The zero-order valence-corrected chi connectivity index (χ0v) is 12.3. The summed E-state index contributed by atoms with van der Waals surface area (Å²) in [6.07, 6.45) is 1.62. The van der Waals surface area contributed by atoms with Gasteiger partial charge in [0.25, 0.3) is 0 Å². The average Bonchev–Trinajstić information content (AvgIpc) is 2.80. The van der Waals surface area contributed by atoms with Crippen LogP contribution in [0.2, 0.25) is 0 Å². The Morgan fingerprint density at radius 2 is 1.95 bits per heavy atom. The number of carbonyl (C=O) groups is 1. The Hall–Kier alpha value is -1.94. The molecule has 3 rings (SSSR count). The number of H-pyrrole nitrogens is 1. The van der Waals surface area contributed by atoms with Gasteiger partial charge in [0.05, 0.1) is 5.56 Å². The van der Waals surface area contributed by atoms with Gasteiger partial charge in [-0.05, 0) is 36.8 Å². The van der Waals surface area contributed by atoms with E-state index in [9.17, 15) is 9.18 Å². The molecule has 4 heteroatoms. The number of hydrogen-bond donors (Lipinski definition) is 1. The van der Waals surface area contributed by atoms with Crippen LogP contribution < -0.4 is 0 Å². The number of ketones is 1. The first-order valence-corrected chi connectivity index (χ1v) is 6.93. The topological polar surface area (TPSA) is 32.9 Å². The third-order valence-electron chi connectivity index (χ3n) is 3.26. The quantitative estimate of drug-likeness (QED) is 0.683. The molecule has 0 aliphatic heterocycles. The predicted octanol–water partition coefficient (Wildman–Crippen LogP) is 4.61. The van der Waals surface area contributed by atoms with Crippen LogP contribution >= 0.6 is 15.9 Å². The van der Waals surface area contributed by atoms with Gasteiger partial charge < -0.3 is 4.98 Å². The number of aryl methyl sites for hydroxylation is 1. The van der Waals surface area contributed by atoms with E-state index in [0.717, 1.165) is 20.9 Å². The van der Waals surface area contributed by atoms with Crippen molar-refractivity contribution in [1.29, 1.82) is 0 Å². The minimum absolute atomic E-state index is 0.0967. The van der Waals surface area contributed by atoms with E-state index in [1.807, 2.05) is 18.2 Å². The summed E-state index contributed by atoms with van der Waals surface area (Å²) >= 11 is 3.38. The molecule has 0 saturated carbocycles. The smallest absolute Gasteiger partial charge is 0.198 e. The van der Waals surface area contributed by atoms with Crippen LogP contribution in [0.3, 0.4) is 0 Å². The number of aromatic amines is 1. The summed E-state index contributed by atoms with van der Waals surface area (Å²) < 4.78 is 14.8. The summed E-state index contributed by atoms with van der Waals surface area (Å²) in [5.41, 5.74) is 2.21. The van der Waals surface area contributed by atoms with E-state index in [1.165, 1.54) is 12.1 Å². The summed E-state index contributed by atoms with van der Waals surface area (Å²) in [5, 5.41) is 0.790. The van der Waals surface area contributed by atoms with Crippen LogP contribution in [0.25, 0.3) is 10.9 Å². The van der Waals surface area contributed by atoms with Gasteiger partial charge in [0.15, 0.2) is 5.78 Å². The third kappa shape index (κ3) is 2.16. The summed E-state index contributed by atoms with van der Waals surface area (Å²) in [6, 6.07) is 10.2. The van der Waals surface area contributed by atoms with Gasteiger partial charge in [-0.25, -0.2) is 4.39 Å². The van der Waals surface area contributed by atoms with Crippen LogP contribution in [0.15, 0.2) is 47.1 Å². The van der Waals surface area contributed by atoms with Gasteiger partial charge in [0.1, 0.15) is 5.82 Å². The van der Waals surface area contributed by atoms with Crippen LogP contribution in [-0.4, -0.2) is 10.8 Å². The van der Waals surface area contributed by atoms with Crippen molar-refractivity contribution in [2.75, 3.05) is 0 Å². The molecule has 2 nitrogen and oxygen atoms in total. The second kappa shape index (κ2) is 4.87. The van der Waals surface area contributed by atoms with Crippen molar-refractivity contribution in [3.8, 4) is 0 Å². The molecule has 0 radical (unpaired) electrons. The number of nitrogens with one attached hydrogen (secondary N) is 1. The van der Waals surface area contributed by atoms with Crippen molar-refractivity contribution in [3.63, 3.8) is 0 Å². The molecule has 0 aliphatic carbocycles. The highest BCUT2D eigenvalue weighted by Gasteiger charge is 2.17. The molecular weight excluding hydrogens is 321 g/mol. The fraction of sp³-hybridized carbons (Fsp3) is 0.0625. The number of hydrogen-bond acceptors (Lipinski definition) is 1. The molecule has 3 aromatic rings. The molecule has 0 atom stereocenters. The summed E-state index contributed by atoms with van der Waals surface area (Å²) in [7, 11) is 0. The Kier molecular flexibility index (Phi) is 3.18. The number of aromatic nitrogens is 1. The van der Waals surface area contributed by atoms with E-state index >= 15 is 0 Å². The normalized spacial score (nSPS) is 10.9. The van der Waals surface area contributed by atoms with Crippen molar-refractivity contribution >= 4 is 32.6 Å². The maximum Gasteiger partial charge on any atom is 0.198 e. The van der Waals surface area contributed by atoms with E-state index in [2.05, 4.69) is 20.9 Å². The zero-order chi connectivity index (χ0) is 14.3. The fourth-order valence-electron chi connectivity index (χ4n) is 2.24. The van der Waals surface area contributed by atoms with Gasteiger partial charge in [0, 0.05) is 27.1 Å². The van der Waals surface area contributed by atoms with Crippen LogP contribution in [0, 0.1) is 12.7 Å². The molecule has 100 valence electrons. The maximum absolute atomic E-state index is 13.9. The second-order valence-corrected chi connectivity index (χ2v) is 5.62. The Labute approximate surface area is 123 Å². The minimum atomic E-state index is -0.485. The molecule has 1 heterocycles. The van der Waals surface area contributed by atoms with Crippen LogP contribution in [0.1, 0.15) is 21.5 Å². The molecule has 2 aromatic carbocycles. The average molecular weight is 332 g/mol. The largest absolute Gasteiger partial charge is 0.360 e. The number of halogens is 2. The molecule has 0 saturated heterocycles. The number of rotatable bonds is 2. The lowest BCUT2D eigenvalue weighted by Crippen LogP contribution is -2.03. The summed E-state index contributed by atoms with van der Waals surface area (Å²) in [6.45, 7) is 1.79. The van der Waals surface area contributed by atoms with Crippen molar-refractivity contribution in [3.05, 3.63) is 69.6 Å². The molecule has 0 aliphatic rings. The van der Waals surface area contributed by atoms with Crippen molar-refractivity contribution in [2.24, 2.45) is 0 Å². The first kappa shape index (κ1) is 13.1. The lowest BCUT2D eigenvalue weighted by molar-refractivity contribution is 0.103. The van der Waals surface area contributed by atoms with Crippen LogP contribution in [0.5, 0.6) is 0 Å². The standard InChI is InChI=1S/C16H11BrFNO/c1-9-2-4-12(14(18)6-9)16(20)13-8-19-15-7-10(17)3-5-11(13)15/h2-8,19H,1H3. The molecule has 0 unspecified atom stereocenters. The number of benzene rings is 2. The highest BCUT2D eigenvalue weighted by atomic mass is 79.9. The highest BCUT2D eigenvalue weighted by molar-refractivity contribution is 9.10. The first-order valence-electron chi connectivity index (χ1n) is 6.14. The van der Waals surface area contributed by atoms with Crippen LogP contribution in [-0.2, 0) is 0 Å². The van der Waals surface area contributed by atoms with Gasteiger partial charge >= 0.3 is 0 Å². The monoisotopic (exact) mass is 331 g/mol. The lowest BCUT2D eigenvalue weighted by atomic mass is 10.0. The van der Waals surface area contributed by atoms with Gasteiger partial charge in [-0.2, -0.15) is 0 Å². The minimum Gasteiger partial charge on any atom is -0.360 e. The lowest BCUT2D eigenvalue weighted by Gasteiger charge is -2.03.